The van der Waals surface area contributed by atoms with Crippen molar-refractivity contribution in [1.82, 2.24) is 4.90 Å². The van der Waals surface area contributed by atoms with Gasteiger partial charge in [0, 0.05) is 25.2 Å². The molecule has 1 amide bonds. The van der Waals surface area contributed by atoms with Gasteiger partial charge >= 0.3 is 0 Å². The van der Waals surface area contributed by atoms with E-state index in [1.165, 1.54) is 19.2 Å². The van der Waals surface area contributed by atoms with E-state index in [0.717, 1.165) is 11.0 Å². The first kappa shape index (κ1) is 16.8. The number of carbonyl (C=O) groups is 1. The predicted molar refractivity (Wildman–Crippen MR) is 71.6 cm³/mol. The summed E-state index contributed by atoms with van der Waals surface area (Å²) in [5.74, 6) is -0.726. The zero-order valence-electron chi connectivity index (χ0n) is 11.3. The maximum atomic E-state index is 12.4. The largest absolute Gasteiger partial charge is 0.395 e. The smallest absolute Gasteiger partial charge is 0.292 e. The van der Waals surface area contributed by atoms with Crippen LogP contribution >= 0.6 is 0 Å². The molecule has 0 saturated carbocycles. The molecule has 0 heterocycles. The second-order valence-corrected chi connectivity index (χ2v) is 4.10. The number of hydrogen-bond donors (Lipinski definition) is 2. The van der Waals surface area contributed by atoms with E-state index in [1.807, 2.05) is 0 Å². The maximum absolute atomic E-state index is 12.4. The molecule has 116 valence electrons. The van der Waals surface area contributed by atoms with E-state index >= 15 is 0 Å². The first-order valence-corrected chi connectivity index (χ1v) is 6.05. The topological polar surface area (TPSA) is 95.7 Å². The molecular formula is C12H15F2N3O4. The summed E-state index contributed by atoms with van der Waals surface area (Å²) in [6.45, 7) is -1.51. The first-order chi connectivity index (χ1) is 9.90. The van der Waals surface area contributed by atoms with Gasteiger partial charge in [-0.25, -0.2) is 8.78 Å². The van der Waals surface area contributed by atoms with Gasteiger partial charge in [0.15, 0.2) is 0 Å². The van der Waals surface area contributed by atoms with E-state index in [2.05, 4.69) is 5.32 Å². The summed E-state index contributed by atoms with van der Waals surface area (Å²) in [7, 11) is 1.45. The third-order valence-electron chi connectivity index (χ3n) is 2.73. The van der Waals surface area contributed by atoms with Gasteiger partial charge in [0.2, 0.25) is 0 Å². The molecule has 7 nitrogen and oxygen atoms in total. The number of amides is 1. The molecule has 1 aromatic rings. The second-order valence-electron chi connectivity index (χ2n) is 4.10. The number of halogens is 2. The lowest BCUT2D eigenvalue weighted by atomic mass is 10.1. The third kappa shape index (κ3) is 4.35. The molecule has 0 radical (unpaired) electrons. The lowest BCUT2D eigenvalue weighted by molar-refractivity contribution is -0.383. The standard InChI is InChI=1S/C12H15F2N3O4/c1-15-9-6-8(2-3-10(9)17(20)21)12(19)16(4-5-18)7-11(13)14/h2-3,6,11,15,18H,4-5,7H2,1H3. The van der Waals surface area contributed by atoms with E-state index < -0.39 is 30.4 Å². The number of nitro groups is 1. The van der Waals surface area contributed by atoms with Gasteiger partial charge in [-0.05, 0) is 12.1 Å². The minimum Gasteiger partial charge on any atom is -0.395 e. The average Bonchev–Trinajstić information content (AvgIpc) is 2.44. The SMILES string of the molecule is CNc1cc(C(=O)N(CCO)CC(F)F)ccc1[N+](=O)[O-]. The molecule has 9 heteroatoms. The highest BCUT2D eigenvalue weighted by atomic mass is 19.3. The molecule has 21 heavy (non-hydrogen) atoms. The van der Waals surface area contributed by atoms with Crippen molar-refractivity contribution in [3.8, 4) is 0 Å². The minimum atomic E-state index is -2.73. The van der Waals surface area contributed by atoms with Crippen LogP contribution in [0.25, 0.3) is 0 Å². The summed E-state index contributed by atoms with van der Waals surface area (Å²) in [6, 6.07) is 3.53. The number of anilines is 1. The van der Waals surface area contributed by atoms with Crippen LogP contribution in [0.1, 0.15) is 10.4 Å². The molecule has 0 atom stereocenters. The van der Waals surface area contributed by atoms with Gasteiger partial charge in [0.25, 0.3) is 18.0 Å². The van der Waals surface area contributed by atoms with Crippen LogP contribution < -0.4 is 5.32 Å². The normalized spacial score (nSPS) is 10.5. The summed E-state index contributed by atoms with van der Waals surface area (Å²) >= 11 is 0. The van der Waals surface area contributed by atoms with Crippen LogP contribution in [0.3, 0.4) is 0 Å². The molecule has 2 N–H and O–H groups in total. The van der Waals surface area contributed by atoms with Crippen molar-refractivity contribution >= 4 is 17.3 Å². The molecule has 0 saturated heterocycles. The Hall–Kier alpha value is -2.29. The van der Waals surface area contributed by atoms with Gasteiger partial charge < -0.3 is 15.3 Å². The zero-order valence-corrected chi connectivity index (χ0v) is 11.3. The van der Waals surface area contributed by atoms with Crippen LogP contribution in [0.5, 0.6) is 0 Å². The molecule has 0 aliphatic carbocycles. The van der Waals surface area contributed by atoms with Crippen LogP contribution in [0, 0.1) is 10.1 Å². The fourth-order valence-corrected chi connectivity index (χ4v) is 1.77. The average molecular weight is 303 g/mol. The van der Waals surface area contributed by atoms with Crippen molar-refractivity contribution in [1.29, 1.82) is 0 Å². The van der Waals surface area contributed by atoms with Crippen molar-refractivity contribution in [3.05, 3.63) is 33.9 Å². The molecule has 1 rings (SSSR count). The molecule has 0 bridgehead atoms. The van der Waals surface area contributed by atoms with Gasteiger partial charge in [-0.1, -0.05) is 0 Å². The summed E-state index contributed by atoms with van der Waals surface area (Å²) in [6.07, 6.45) is -2.73. The molecule has 1 aromatic carbocycles. The van der Waals surface area contributed by atoms with E-state index in [9.17, 15) is 23.7 Å². The monoisotopic (exact) mass is 303 g/mol. The van der Waals surface area contributed by atoms with E-state index in [1.54, 1.807) is 0 Å². The quantitative estimate of drug-likeness (QED) is 0.585. The van der Waals surface area contributed by atoms with Gasteiger partial charge in [-0.15, -0.1) is 0 Å². The number of benzene rings is 1. The van der Waals surface area contributed by atoms with Crippen LogP contribution in [0.2, 0.25) is 0 Å². The fourth-order valence-electron chi connectivity index (χ4n) is 1.77. The Morgan fingerprint density at radius 1 is 1.52 bits per heavy atom. The Morgan fingerprint density at radius 2 is 2.19 bits per heavy atom. The van der Waals surface area contributed by atoms with Crippen LogP contribution in [-0.2, 0) is 0 Å². The fraction of sp³-hybridized carbons (Fsp3) is 0.417. The van der Waals surface area contributed by atoms with Crippen molar-refractivity contribution in [2.45, 2.75) is 6.43 Å². The number of rotatable bonds is 7. The van der Waals surface area contributed by atoms with Crippen LogP contribution in [0.4, 0.5) is 20.2 Å². The zero-order chi connectivity index (χ0) is 16.0. The van der Waals surface area contributed by atoms with E-state index in [-0.39, 0.29) is 23.5 Å². The van der Waals surface area contributed by atoms with Crippen molar-refractivity contribution < 1.29 is 23.6 Å². The Balaban J connectivity index is 3.07. The third-order valence-corrected chi connectivity index (χ3v) is 2.73. The number of nitro benzene ring substituents is 1. The molecule has 0 aliphatic rings. The maximum Gasteiger partial charge on any atom is 0.292 e. The van der Waals surface area contributed by atoms with Gasteiger partial charge in [-0.3, -0.25) is 14.9 Å². The molecule has 0 aliphatic heterocycles. The molecular weight excluding hydrogens is 288 g/mol. The number of aliphatic hydroxyl groups is 1. The lowest BCUT2D eigenvalue weighted by Crippen LogP contribution is -2.37. The Labute approximate surface area is 119 Å². The van der Waals surface area contributed by atoms with Gasteiger partial charge in [0.05, 0.1) is 18.1 Å². The summed E-state index contributed by atoms with van der Waals surface area (Å²) in [4.78, 5) is 23.1. The van der Waals surface area contributed by atoms with Crippen molar-refractivity contribution in [2.24, 2.45) is 0 Å². The minimum absolute atomic E-state index is 0.0269. The summed E-state index contributed by atoms with van der Waals surface area (Å²) in [5, 5.41) is 22.2. The molecule has 0 spiro atoms. The Morgan fingerprint density at radius 3 is 2.67 bits per heavy atom. The Bertz CT molecular complexity index is 525. The summed E-state index contributed by atoms with van der Waals surface area (Å²) in [5.41, 5.74) is -0.0949. The predicted octanol–water partition coefficient (Wildman–Crippen LogP) is 1.34. The summed E-state index contributed by atoms with van der Waals surface area (Å²) < 4.78 is 24.8. The van der Waals surface area contributed by atoms with Crippen molar-refractivity contribution in [3.63, 3.8) is 0 Å². The lowest BCUT2D eigenvalue weighted by Gasteiger charge is -2.21. The van der Waals surface area contributed by atoms with E-state index in [0.29, 0.717) is 0 Å². The van der Waals surface area contributed by atoms with Gasteiger partial charge in [0.1, 0.15) is 5.69 Å². The van der Waals surface area contributed by atoms with Crippen LogP contribution in [-0.4, -0.2) is 54.0 Å². The second kappa shape index (κ2) is 7.48. The van der Waals surface area contributed by atoms with Gasteiger partial charge in [-0.2, -0.15) is 0 Å². The first-order valence-electron chi connectivity index (χ1n) is 6.05. The number of nitrogens with zero attached hydrogens (tertiary/aromatic N) is 2. The number of carbonyl (C=O) groups excluding carboxylic acids is 1. The number of nitrogens with one attached hydrogen (secondary N) is 1. The van der Waals surface area contributed by atoms with Crippen LogP contribution in [0.15, 0.2) is 18.2 Å². The Kier molecular flexibility index (Phi) is 5.97. The molecule has 0 aromatic heterocycles. The molecule has 0 fully saturated rings. The highest BCUT2D eigenvalue weighted by Gasteiger charge is 2.22. The number of alkyl halides is 2. The number of aliphatic hydroxyl groups excluding tert-OH is 1. The van der Waals surface area contributed by atoms with E-state index in [4.69, 9.17) is 5.11 Å². The highest BCUT2D eigenvalue weighted by molar-refractivity contribution is 5.96. The van der Waals surface area contributed by atoms with Crippen molar-refractivity contribution in [2.75, 3.05) is 32.1 Å². The highest BCUT2D eigenvalue weighted by Crippen LogP contribution is 2.25. The number of hydrogen-bond acceptors (Lipinski definition) is 5. The molecule has 0 unspecified atom stereocenters.